The van der Waals surface area contributed by atoms with Crippen LogP contribution in [0.2, 0.25) is 0 Å². The molecule has 3 aromatic rings. The minimum absolute atomic E-state index is 0.202. The van der Waals surface area contributed by atoms with Crippen molar-refractivity contribution in [2.75, 3.05) is 37.5 Å². The molecule has 1 amide bonds. The number of nitrogens with one attached hydrogen (secondary N) is 2. The normalized spacial score (nSPS) is 18.6. The van der Waals surface area contributed by atoms with Crippen molar-refractivity contribution in [3.05, 3.63) is 36.3 Å². The Balaban J connectivity index is 1.72. The summed E-state index contributed by atoms with van der Waals surface area (Å²) in [7, 11) is 2.98. The largest absolute Gasteiger partial charge is 0.467 e. The van der Waals surface area contributed by atoms with Gasteiger partial charge in [0.15, 0.2) is 0 Å². The summed E-state index contributed by atoms with van der Waals surface area (Å²) in [5.41, 5.74) is 2.37. The van der Waals surface area contributed by atoms with Crippen LogP contribution in [0.25, 0.3) is 10.9 Å². The lowest BCUT2D eigenvalue weighted by atomic mass is 10.0. The lowest BCUT2D eigenvalue weighted by Crippen LogP contribution is -2.54. The van der Waals surface area contributed by atoms with Crippen LogP contribution in [-0.2, 0) is 0 Å². The quantitative estimate of drug-likeness (QED) is 0.635. The molecule has 10 heteroatoms. The minimum atomic E-state index is -0.326. The molecule has 1 aliphatic rings. The summed E-state index contributed by atoms with van der Waals surface area (Å²) in [5.74, 6) is -0.326. The molecule has 2 aromatic heterocycles. The number of anilines is 2. The van der Waals surface area contributed by atoms with Crippen LogP contribution in [0.5, 0.6) is 12.0 Å². The van der Waals surface area contributed by atoms with E-state index < -0.39 is 0 Å². The predicted molar refractivity (Wildman–Crippen MR) is 117 cm³/mol. The zero-order valence-electron chi connectivity index (χ0n) is 17.9. The van der Waals surface area contributed by atoms with E-state index in [1.807, 2.05) is 6.07 Å². The average Bonchev–Trinajstić information content (AvgIpc) is 2.77. The second-order valence-corrected chi connectivity index (χ2v) is 7.54. The Morgan fingerprint density at radius 1 is 1.03 bits per heavy atom. The van der Waals surface area contributed by atoms with Crippen molar-refractivity contribution in [1.82, 2.24) is 25.3 Å². The molecule has 2 unspecified atom stereocenters. The first-order valence-corrected chi connectivity index (χ1v) is 10.0. The standard InChI is InChI=1S/C21H25N7O3/c1-12-10-28(11-13(2)25-12)17-6-5-15(18-16(17)9-24-21(27-18)31-4)19(29)26-14-7-22-20(30-3)23-8-14/h5-9,12-13,25H,10-11H2,1-4H3,(H,26,29). The molecule has 1 aromatic carbocycles. The number of methoxy groups -OCH3 is 2. The second kappa shape index (κ2) is 8.68. The molecule has 1 aliphatic heterocycles. The van der Waals surface area contributed by atoms with Gasteiger partial charge in [-0.3, -0.25) is 4.79 Å². The molecule has 0 bridgehead atoms. The molecule has 0 spiro atoms. The zero-order chi connectivity index (χ0) is 22.0. The zero-order valence-corrected chi connectivity index (χ0v) is 17.9. The number of fused-ring (bicyclic) bond motifs is 1. The number of benzene rings is 1. The van der Waals surface area contributed by atoms with E-state index in [4.69, 9.17) is 9.47 Å². The van der Waals surface area contributed by atoms with Crippen molar-refractivity contribution in [3.63, 3.8) is 0 Å². The van der Waals surface area contributed by atoms with Crippen LogP contribution >= 0.6 is 0 Å². The third kappa shape index (κ3) is 4.33. The van der Waals surface area contributed by atoms with E-state index in [1.54, 1.807) is 12.3 Å². The van der Waals surface area contributed by atoms with E-state index in [1.165, 1.54) is 26.6 Å². The van der Waals surface area contributed by atoms with Gasteiger partial charge in [0.25, 0.3) is 5.91 Å². The summed E-state index contributed by atoms with van der Waals surface area (Å²) >= 11 is 0. The summed E-state index contributed by atoms with van der Waals surface area (Å²) in [6, 6.07) is 4.84. The number of hydrogen-bond donors (Lipinski definition) is 2. The van der Waals surface area contributed by atoms with Crippen LogP contribution in [0, 0.1) is 0 Å². The van der Waals surface area contributed by atoms with Gasteiger partial charge in [0.05, 0.1) is 43.4 Å². The summed E-state index contributed by atoms with van der Waals surface area (Å²) in [6.45, 7) is 6.01. The second-order valence-electron chi connectivity index (χ2n) is 7.54. The lowest BCUT2D eigenvalue weighted by molar-refractivity contribution is 0.102. The van der Waals surface area contributed by atoms with Crippen molar-refractivity contribution in [1.29, 1.82) is 0 Å². The Bertz CT molecular complexity index is 1080. The number of amides is 1. The first-order chi connectivity index (χ1) is 15.0. The summed E-state index contributed by atoms with van der Waals surface area (Å²) in [6.07, 6.45) is 4.68. The number of ether oxygens (including phenoxy) is 2. The molecule has 4 rings (SSSR count). The van der Waals surface area contributed by atoms with Gasteiger partial charge in [-0.1, -0.05) is 0 Å². The summed E-state index contributed by atoms with van der Waals surface area (Å²) in [5, 5.41) is 7.13. The Kier molecular flexibility index (Phi) is 5.81. The van der Waals surface area contributed by atoms with Gasteiger partial charge in [0, 0.05) is 42.4 Å². The Hall–Kier alpha value is -3.53. The van der Waals surface area contributed by atoms with Crippen LogP contribution in [0.3, 0.4) is 0 Å². The first kappa shape index (κ1) is 20.7. The van der Waals surface area contributed by atoms with Gasteiger partial charge >= 0.3 is 12.0 Å². The fourth-order valence-electron chi connectivity index (χ4n) is 3.85. The van der Waals surface area contributed by atoms with Crippen molar-refractivity contribution in [2.45, 2.75) is 25.9 Å². The number of hydrogen-bond acceptors (Lipinski definition) is 9. The first-order valence-electron chi connectivity index (χ1n) is 10.0. The van der Waals surface area contributed by atoms with Gasteiger partial charge in [0.2, 0.25) is 0 Å². The fourth-order valence-corrected chi connectivity index (χ4v) is 3.85. The molecule has 1 fully saturated rings. The molecule has 3 heterocycles. The van der Waals surface area contributed by atoms with Gasteiger partial charge in [0.1, 0.15) is 0 Å². The highest BCUT2D eigenvalue weighted by Crippen LogP contribution is 2.31. The van der Waals surface area contributed by atoms with Crippen LogP contribution in [0.15, 0.2) is 30.7 Å². The summed E-state index contributed by atoms with van der Waals surface area (Å²) in [4.78, 5) is 32.2. The highest BCUT2D eigenvalue weighted by Gasteiger charge is 2.24. The van der Waals surface area contributed by atoms with Crippen molar-refractivity contribution < 1.29 is 14.3 Å². The van der Waals surface area contributed by atoms with Crippen molar-refractivity contribution >= 4 is 28.2 Å². The number of aromatic nitrogens is 4. The molecule has 162 valence electrons. The van der Waals surface area contributed by atoms with E-state index in [9.17, 15) is 4.79 Å². The molecule has 10 nitrogen and oxygen atoms in total. The van der Waals surface area contributed by atoms with Crippen LogP contribution < -0.4 is 25.0 Å². The van der Waals surface area contributed by atoms with Gasteiger partial charge < -0.3 is 25.0 Å². The van der Waals surface area contributed by atoms with Gasteiger partial charge in [-0.2, -0.15) is 4.98 Å². The van der Waals surface area contributed by atoms with Crippen LogP contribution in [-0.4, -0.2) is 65.2 Å². The topological polar surface area (TPSA) is 114 Å². The number of nitrogens with zero attached hydrogens (tertiary/aromatic N) is 5. The van der Waals surface area contributed by atoms with Gasteiger partial charge in [-0.25, -0.2) is 15.0 Å². The molecular weight excluding hydrogens is 398 g/mol. The van der Waals surface area contributed by atoms with Gasteiger partial charge in [-0.15, -0.1) is 0 Å². The maximum Gasteiger partial charge on any atom is 0.316 e. The van der Waals surface area contributed by atoms with E-state index in [2.05, 4.69) is 49.3 Å². The molecule has 2 atom stereocenters. The molecule has 0 aliphatic carbocycles. The SMILES string of the molecule is COc1ncc(NC(=O)c2ccc(N3CC(C)NC(C)C3)c3cnc(OC)nc23)cn1. The van der Waals surface area contributed by atoms with Crippen LogP contribution in [0.4, 0.5) is 11.4 Å². The monoisotopic (exact) mass is 423 g/mol. The smallest absolute Gasteiger partial charge is 0.316 e. The van der Waals surface area contributed by atoms with Gasteiger partial charge in [-0.05, 0) is 26.0 Å². The molecule has 0 radical (unpaired) electrons. The van der Waals surface area contributed by atoms with E-state index in [0.29, 0.717) is 28.9 Å². The molecule has 2 N–H and O–H groups in total. The predicted octanol–water partition coefficient (Wildman–Crippen LogP) is 1.88. The summed E-state index contributed by atoms with van der Waals surface area (Å²) < 4.78 is 10.2. The van der Waals surface area contributed by atoms with E-state index >= 15 is 0 Å². The number of rotatable bonds is 5. The number of carbonyl (C=O) groups excluding carboxylic acids is 1. The lowest BCUT2D eigenvalue weighted by Gasteiger charge is -2.38. The molecular formula is C21H25N7O3. The fraction of sp³-hybridized carbons (Fsp3) is 0.381. The van der Waals surface area contributed by atoms with Crippen molar-refractivity contribution in [3.8, 4) is 12.0 Å². The Morgan fingerprint density at radius 3 is 2.32 bits per heavy atom. The number of carbonyl (C=O) groups is 1. The third-order valence-corrected chi connectivity index (χ3v) is 5.10. The van der Waals surface area contributed by atoms with E-state index in [0.717, 1.165) is 24.2 Å². The maximum atomic E-state index is 13.1. The Morgan fingerprint density at radius 2 is 1.68 bits per heavy atom. The average molecular weight is 423 g/mol. The van der Waals surface area contributed by atoms with Crippen LogP contribution in [0.1, 0.15) is 24.2 Å². The number of piperazine rings is 1. The highest BCUT2D eigenvalue weighted by molar-refractivity contribution is 6.13. The molecule has 31 heavy (non-hydrogen) atoms. The molecule has 1 saturated heterocycles. The minimum Gasteiger partial charge on any atom is -0.467 e. The molecule has 0 saturated carbocycles. The van der Waals surface area contributed by atoms with Crippen molar-refractivity contribution in [2.24, 2.45) is 0 Å². The Labute approximate surface area is 180 Å². The highest BCUT2D eigenvalue weighted by atomic mass is 16.5. The maximum absolute atomic E-state index is 13.1. The third-order valence-electron chi connectivity index (χ3n) is 5.10. The van der Waals surface area contributed by atoms with E-state index in [-0.39, 0.29) is 17.9 Å².